The Bertz CT molecular complexity index is 769. The van der Waals surface area contributed by atoms with Gasteiger partial charge in [-0.1, -0.05) is 6.07 Å². The highest BCUT2D eigenvalue weighted by Gasteiger charge is 2.15. The number of benzene rings is 2. The molecule has 106 valence electrons. The zero-order chi connectivity index (χ0) is 14.8. The minimum atomic E-state index is -0.560. The molecule has 1 atom stereocenters. The van der Waals surface area contributed by atoms with E-state index in [1.807, 2.05) is 12.1 Å². The van der Waals surface area contributed by atoms with Gasteiger partial charge in [0.15, 0.2) is 0 Å². The van der Waals surface area contributed by atoms with Crippen molar-refractivity contribution in [2.75, 3.05) is 5.32 Å². The zero-order valence-corrected chi connectivity index (χ0v) is 11.3. The molecule has 21 heavy (non-hydrogen) atoms. The van der Waals surface area contributed by atoms with Crippen LogP contribution in [0.1, 0.15) is 18.5 Å². The maximum Gasteiger partial charge on any atom is 0.131 e. The highest BCUT2D eigenvalue weighted by Crippen LogP contribution is 2.25. The van der Waals surface area contributed by atoms with Crippen molar-refractivity contribution in [3.63, 3.8) is 0 Å². The third-order valence-corrected chi connectivity index (χ3v) is 3.29. The van der Waals surface area contributed by atoms with Gasteiger partial charge in [-0.25, -0.2) is 8.78 Å². The Hall–Kier alpha value is -2.56. The van der Waals surface area contributed by atoms with E-state index >= 15 is 0 Å². The summed E-state index contributed by atoms with van der Waals surface area (Å²) in [7, 11) is 0. The van der Waals surface area contributed by atoms with Gasteiger partial charge in [-0.3, -0.25) is 9.97 Å². The summed E-state index contributed by atoms with van der Waals surface area (Å²) in [5.74, 6) is -1.12. The molecule has 1 unspecified atom stereocenters. The second kappa shape index (κ2) is 5.44. The number of hydrogen-bond donors (Lipinski definition) is 1. The molecule has 0 saturated carbocycles. The summed E-state index contributed by atoms with van der Waals surface area (Å²) in [5, 5.41) is 3.08. The number of rotatable bonds is 3. The number of fused-ring (bicyclic) bond motifs is 1. The molecule has 1 aromatic heterocycles. The molecule has 0 aliphatic carbocycles. The lowest BCUT2D eigenvalue weighted by Crippen LogP contribution is -2.10. The summed E-state index contributed by atoms with van der Waals surface area (Å²) in [4.78, 5) is 8.38. The van der Waals surface area contributed by atoms with Crippen LogP contribution in [0, 0.1) is 11.6 Å². The second-order valence-corrected chi connectivity index (χ2v) is 4.76. The van der Waals surface area contributed by atoms with Crippen molar-refractivity contribution < 1.29 is 8.78 Å². The first-order chi connectivity index (χ1) is 10.1. The van der Waals surface area contributed by atoms with Crippen molar-refractivity contribution >= 4 is 16.7 Å². The summed E-state index contributed by atoms with van der Waals surface area (Å²) in [6.07, 6.45) is 3.22. The van der Waals surface area contributed by atoms with E-state index in [2.05, 4.69) is 15.3 Å². The normalized spacial score (nSPS) is 12.3. The molecule has 0 radical (unpaired) electrons. The van der Waals surface area contributed by atoms with Gasteiger partial charge in [-0.05, 0) is 37.3 Å². The molecule has 0 saturated heterocycles. The molecule has 0 aliphatic rings. The Balaban J connectivity index is 1.91. The Morgan fingerprint density at radius 1 is 0.952 bits per heavy atom. The smallest absolute Gasteiger partial charge is 0.131 e. The molecule has 5 heteroatoms. The topological polar surface area (TPSA) is 37.8 Å². The number of halogens is 2. The number of anilines is 1. The van der Waals surface area contributed by atoms with Crippen LogP contribution in [0.3, 0.4) is 0 Å². The van der Waals surface area contributed by atoms with E-state index in [4.69, 9.17) is 0 Å². The van der Waals surface area contributed by atoms with E-state index in [0.29, 0.717) is 0 Å². The van der Waals surface area contributed by atoms with E-state index in [-0.39, 0.29) is 5.56 Å². The summed E-state index contributed by atoms with van der Waals surface area (Å²) in [6.45, 7) is 1.71. The van der Waals surface area contributed by atoms with Gasteiger partial charge in [-0.15, -0.1) is 0 Å². The van der Waals surface area contributed by atoms with Crippen LogP contribution >= 0.6 is 0 Å². The van der Waals surface area contributed by atoms with Gasteiger partial charge in [0, 0.05) is 23.6 Å². The first kappa shape index (κ1) is 13.4. The average molecular weight is 285 g/mol. The largest absolute Gasteiger partial charge is 0.378 e. The first-order valence-corrected chi connectivity index (χ1v) is 6.56. The van der Waals surface area contributed by atoms with Crippen molar-refractivity contribution in [1.29, 1.82) is 0 Å². The van der Waals surface area contributed by atoms with Gasteiger partial charge >= 0.3 is 0 Å². The molecule has 3 rings (SSSR count). The maximum absolute atomic E-state index is 13.8. The standard InChI is InChI=1S/C16H13F2N3/c1-10(16-12(17)3-2-4-13(16)18)21-11-5-6-14-15(9-11)20-8-7-19-14/h2-10,21H,1H3. The fourth-order valence-electron chi connectivity index (χ4n) is 2.30. The molecule has 3 nitrogen and oxygen atoms in total. The van der Waals surface area contributed by atoms with Crippen molar-refractivity contribution in [1.82, 2.24) is 9.97 Å². The molecule has 0 bridgehead atoms. The van der Waals surface area contributed by atoms with Gasteiger partial charge < -0.3 is 5.32 Å². The first-order valence-electron chi connectivity index (χ1n) is 6.56. The number of aromatic nitrogens is 2. The van der Waals surface area contributed by atoms with Crippen LogP contribution < -0.4 is 5.32 Å². The lowest BCUT2D eigenvalue weighted by molar-refractivity contribution is 0.544. The van der Waals surface area contributed by atoms with Gasteiger partial charge in [0.25, 0.3) is 0 Å². The van der Waals surface area contributed by atoms with Crippen molar-refractivity contribution in [2.24, 2.45) is 0 Å². The molecule has 0 aliphatic heterocycles. The molecule has 2 aromatic carbocycles. The third-order valence-electron chi connectivity index (χ3n) is 3.29. The minimum absolute atomic E-state index is 0.0248. The van der Waals surface area contributed by atoms with Gasteiger partial charge in [0.1, 0.15) is 11.6 Å². The van der Waals surface area contributed by atoms with Crippen molar-refractivity contribution in [3.05, 3.63) is 66.0 Å². The Morgan fingerprint density at radius 3 is 2.33 bits per heavy atom. The van der Waals surface area contributed by atoms with Crippen molar-refractivity contribution in [3.8, 4) is 0 Å². The average Bonchev–Trinajstić information content (AvgIpc) is 2.47. The Morgan fingerprint density at radius 2 is 1.62 bits per heavy atom. The molecule has 0 fully saturated rings. The van der Waals surface area contributed by atoms with Crippen LogP contribution in [0.4, 0.5) is 14.5 Å². The monoisotopic (exact) mass is 285 g/mol. The molecule has 0 amide bonds. The number of nitrogens with zero attached hydrogens (tertiary/aromatic N) is 2. The summed E-state index contributed by atoms with van der Waals surface area (Å²) < 4.78 is 27.5. The van der Waals surface area contributed by atoms with E-state index in [0.717, 1.165) is 16.7 Å². The van der Waals surface area contributed by atoms with Crippen LogP contribution in [0.2, 0.25) is 0 Å². The lowest BCUT2D eigenvalue weighted by atomic mass is 10.1. The summed E-state index contributed by atoms with van der Waals surface area (Å²) in [5.41, 5.74) is 2.26. The van der Waals surface area contributed by atoms with Crippen LogP contribution in [-0.4, -0.2) is 9.97 Å². The van der Waals surface area contributed by atoms with Gasteiger partial charge in [0.05, 0.1) is 17.1 Å². The molecule has 1 heterocycles. The van der Waals surface area contributed by atoms with Crippen LogP contribution in [0.25, 0.3) is 11.0 Å². The Kier molecular flexibility index (Phi) is 3.48. The zero-order valence-electron chi connectivity index (χ0n) is 11.3. The molecular formula is C16H13F2N3. The number of nitrogens with one attached hydrogen (secondary N) is 1. The van der Waals surface area contributed by atoms with E-state index in [9.17, 15) is 8.78 Å². The van der Waals surface area contributed by atoms with Crippen molar-refractivity contribution in [2.45, 2.75) is 13.0 Å². The summed E-state index contributed by atoms with van der Waals surface area (Å²) in [6, 6.07) is 8.79. The Labute approximate surface area is 120 Å². The molecular weight excluding hydrogens is 272 g/mol. The predicted molar refractivity (Wildman–Crippen MR) is 77.9 cm³/mol. The molecule has 0 spiro atoms. The number of hydrogen-bond acceptors (Lipinski definition) is 3. The highest BCUT2D eigenvalue weighted by molar-refractivity contribution is 5.78. The van der Waals surface area contributed by atoms with Gasteiger partial charge in [-0.2, -0.15) is 0 Å². The lowest BCUT2D eigenvalue weighted by Gasteiger charge is -2.17. The quantitative estimate of drug-likeness (QED) is 0.788. The third kappa shape index (κ3) is 2.67. The van der Waals surface area contributed by atoms with Crippen LogP contribution in [0.15, 0.2) is 48.8 Å². The highest BCUT2D eigenvalue weighted by atomic mass is 19.1. The van der Waals surface area contributed by atoms with Gasteiger partial charge in [0.2, 0.25) is 0 Å². The molecule has 1 N–H and O–H groups in total. The summed E-state index contributed by atoms with van der Waals surface area (Å²) >= 11 is 0. The van der Waals surface area contributed by atoms with Crippen LogP contribution in [-0.2, 0) is 0 Å². The van der Waals surface area contributed by atoms with E-state index in [1.54, 1.807) is 25.4 Å². The van der Waals surface area contributed by atoms with E-state index < -0.39 is 17.7 Å². The molecule has 3 aromatic rings. The fourth-order valence-corrected chi connectivity index (χ4v) is 2.30. The van der Waals surface area contributed by atoms with E-state index in [1.165, 1.54) is 18.2 Å². The minimum Gasteiger partial charge on any atom is -0.378 e. The van der Waals surface area contributed by atoms with Crippen LogP contribution in [0.5, 0.6) is 0 Å². The fraction of sp³-hybridized carbons (Fsp3) is 0.125. The maximum atomic E-state index is 13.8. The second-order valence-electron chi connectivity index (χ2n) is 4.76. The predicted octanol–water partition coefficient (Wildman–Crippen LogP) is 4.08. The SMILES string of the molecule is CC(Nc1ccc2nccnc2c1)c1c(F)cccc1F.